The lowest BCUT2D eigenvalue weighted by Crippen LogP contribution is -2.36. The van der Waals surface area contributed by atoms with Crippen LogP contribution in [0.3, 0.4) is 0 Å². The molecule has 9 nitrogen and oxygen atoms in total. The number of pyridine rings is 1. The number of aliphatic hydroxyl groups excluding tert-OH is 1. The maximum atomic E-state index is 13.9. The molecule has 0 aromatic carbocycles. The second-order valence-electron chi connectivity index (χ2n) is 7.91. The molecule has 11 heteroatoms. The second-order valence-corrected chi connectivity index (χ2v) is 9.78. The van der Waals surface area contributed by atoms with Crippen LogP contribution in [0.4, 0.5) is 4.39 Å². The molecule has 1 amide bonds. The summed E-state index contributed by atoms with van der Waals surface area (Å²) in [6.45, 7) is 2.73. The van der Waals surface area contributed by atoms with E-state index in [9.17, 15) is 22.7 Å². The van der Waals surface area contributed by atoms with Gasteiger partial charge in [-0.25, -0.2) is 22.5 Å². The number of unbranched alkanes of at least 4 members (excludes halogenated alkanes) is 2. The molecule has 0 spiro atoms. The molecule has 2 aliphatic rings. The zero-order chi connectivity index (χ0) is 21.7. The summed E-state index contributed by atoms with van der Waals surface area (Å²) in [5, 5.41) is 12.0. The Bertz CT molecular complexity index is 849. The number of sulfonamides is 1. The van der Waals surface area contributed by atoms with E-state index in [2.05, 4.69) is 15.0 Å². The van der Waals surface area contributed by atoms with Crippen molar-refractivity contribution in [2.75, 3.05) is 25.4 Å². The highest BCUT2D eigenvalue weighted by molar-refractivity contribution is 7.89. The maximum absolute atomic E-state index is 13.9. The molecule has 1 aromatic rings. The van der Waals surface area contributed by atoms with Crippen LogP contribution in [-0.2, 0) is 14.8 Å². The second kappa shape index (κ2) is 9.99. The van der Waals surface area contributed by atoms with E-state index >= 15 is 0 Å². The molecule has 1 aliphatic carbocycles. The molecule has 1 aromatic heterocycles. The summed E-state index contributed by atoms with van der Waals surface area (Å²) in [6.07, 6.45) is 2.93. The van der Waals surface area contributed by atoms with Crippen molar-refractivity contribution < 1.29 is 27.4 Å². The third kappa shape index (κ3) is 6.86. The van der Waals surface area contributed by atoms with Crippen molar-refractivity contribution in [2.45, 2.75) is 51.4 Å². The van der Waals surface area contributed by atoms with Gasteiger partial charge in [-0.3, -0.25) is 9.69 Å². The third-order valence-electron chi connectivity index (χ3n) is 5.13. The van der Waals surface area contributed by atoms with Crippen LogP contribution in [0.5, 0.6) is 5.88 Å². The van der Waals surface area contributed by atoms with Gasteiger partial charge in [0.05, 0.1) is 30.6 Å². The van der Waals surface area contributed by atoms with Gasteiger partial charge in [0, 0.05) is 6.54 Å². The Morgan fingerprint density at radius 1 is 1.37 bits per heavy atom. The zero-order valence-corrected chi connectivity index (χ0v) is 17.8. The molecule has 3 N–H and O–H groups in total. The Labute approximate surface area is 176 Å². The number of hydrogen-bond acceptors (Lipinski definition) is 7. The average molecular weight is 445 g/mol. The fourth-order valence-electron chi connectivity index (χ4n) is 3.19. The number of nitrogens with zero attached hydrogens (tertiary/aromatic N) is 2. The van der Waals surface area contributed by atoms with E-state index in [4.69, 9.17) is 4.74 Å². The summed E-state index contributed by atoms with van der Waals surface area (Å²) in [5.41, 5.74) is 0.394. The fraction of sp³-hybridized carbons (Fsp3) is 0.684. The van der Waals surface area contributed by atoms with E-state index in [0.29, 0.717) is 44.0 Å². The molecular formula is C19H29FN4O5S. The number of aromatic nitrogens is 1. The number of carbonyl (C=O) groups is 1. The molecular weight excluding hydrogens is 415 g/mol. The largest absolute Gasteiger partial charge is 0.475 e. The van der Waals surface area contributed by atoms with Gasteiger partial charge in [0.2, 0.25) is 15.9 Å². The van der Waals surface area contributed by atoms with Gasteiger partial charge in [0.1, 0.15) is 0 Å². The minimum Gasteiger partial charge on any atom is -0.475 e. The number of nitrogens with one attached hydrogen (secondary N) is 2. The van der Waals surface area contributed by atoms with Crippen LogP contribution < -0.4 is 14.8 Å². The van der Waals surface area contributed by atoms with Crippen LogP contribution >= 0.6 is 0 Å². The molecule has 0 radical (unpaired) electrons. The molecule has 2 heterocycles. The van der Waals surface area contributed by atoms with E-state index in [-0.39, 0.29) is 24.1 Å². The summed E-state index contributed by atoms with van der Waals surface area (Å²) < 4.78 is 46.6. The Morgan fingerprint density at radius 2 is 2.13 bits per heavy atom. The molecule has 2 atom stereocenters. The lowest BCUT2D eigenvalue weighted by molar-refractivity contribution is -0.119. The lowest BCUT2D eigenvalue weighted by Gasteiger charge is -2.17. The Balaban J connectivity index is 1.41. The first kappa shape index (κ1) is 22.9. The highest BCUT2D eigenvalue weighted by Crippen LogP contribution is 2.30. The molecule has 0 bridgehead atoms. The number of carbonyl (C=O) groups excluding carboxylic acids is 1. The van der Waals surface area contributed by atoms with Gasteiger partial charge >= 0.3 is 0 Å². The van der Waals surface area contributed by atoms with Crippen LogP contribution in [0.15, 0.2) is 12.1 Å². The first-order valence-corrected chi connectivity index (χ1v) is 11.9. The van der Waals surface area contributed by atoms with Crippen LogP contribution in [-0.4, -0.2) is 61.1 Å². The minimum absolute atomic E-state index is 0.0523. The summed E-state index contributed by atoms with van der Waals surface area (Å²) in [5.74, 6) is -0.476. The molecule has 2 fully saturated rings. The summed E-state index contributed by atoms with van der Waals surface area (Å²) >= 11 is 0. The van der Waals surface area contributed by atoms with Crippen molar-refractivity contribution in [1.82, 2.24) is 19.9 Å². The smallest absolute Gasteiger partial charge is 0.250 e. The standard InChI is InChI=1S/C19H29FN4O5S/c1-13(16-8-7-15(20)18(21-16)29-12-14-5-6-14)23-30(27,28)10-4-2-3-9-24-11-17(25)22-19(24)26/h7-8,13-14,19,23,26H,2-6,9-12H2,1H3,(H,22,25)/t13-,19?/m1/s1. The highest BCUT2D eigenvalue weighted by atomic mass is 32.2. The lowest BCUT2D eigenvalue weighted by atomic mass is 10.2. The van der Waals surface area contributed by atoms with Crippen molar-refractivity contribution in [3.8, 4) is 5.88 Å². The Hall–Kier alpha value is -1.82. The van der Waals surface area contributed by atoms with Gasteiger partial charge in [-0.1, -0.05) is 6.42 Å². The van der Waals surface area contributed by atoms with E-state index < -0.39 is 28.2 Å². The number of amides is 1. The monoisotopic (exact) mass is 444 g/mol. The minimum atomic E-state index is -3.54. The first-order valence-electron chi connectivity index (χ1n) is 10.2. The van der Waals surface area contributed by atoms with Crippen LogP contribution in [0, 0.1) is 11.7 Å². The summed E-state index contributed by atoms with van der Waals surface area (Å²) in [7, 11) is -3.54. The Morgan fingerprint density at radius 3 is 2.80 bits per heavy atom. The van der Waals surface area contributed by atoms with Crippen LogP contribution in [0.25, 0.3) is 0 Å². The topological polar surface area (TPSA) is 121 Å². The summed E-state index contributed by atoms with van der Waals surface area (Å²) in [4.78, 5) is 16.9. The van der Waals surface area contributed by atoms with Crippen LogP contribution in [0.2, 0.25) is 0 Å². The predicted octanol–water partition coefficient (Wildman–Crippen LogP) is 0.868. The maximum Gasteiger partial charge on any atom is 0.250 e. The molecule has 168 valence electrons. The number of rotatable bonds is 12. The summed E-state index contributed by atoms with van der Waals surface area (Å²) in [6, 6.07) is 2.07. The van der Waals surface area contributed by atoms with Crippen molar-refractivity contribution in [2.24, 2.45) is 5.92 Å². The normalized spacial score (nSPS) is 20.9. The first-order chi connectivity index (χ1) is 14.2. The number of halogens is 1. The van der Waals surface area contributed by atoms with E-state index in [1.807, 2.05) is 0 Å². The fourth-order valence-corrected chi connectivity index (χ4v) is 4.55. The molecule has 1 unspecified atom stereocenters. The van der Waals surface area contributed by atoms with E-state index in [1.165, 1.54) is 12.1 Å². The van der Waals surface area contributed by atoms with Gasteiger partial charge in [0.15, 0.2) is 12.2 Å². The molecule has 1 saturated heterocycles. The van der Waals surface area contributed by atoms with Crippen molar-refractivity contribution >= 4 is 15.9 Å². The van der Waals surface area contributed by atoms with Gasteiger partial charge in [-0.15, -0.1) is 0 Å². The average Bonchev–Trinajstić information content (AvgIpc) is 3.44. The SMILES string of the molecule is C[C@@H](NS(=O)(=O)CCCCCN1CC(=O)NC1O)c1ccc(F)c(OCC2CC2)n1. The van der Waals surface area contributed by atoms with Crippen molar-refractivity contribution in [3.05, 3.63) is 23.6 Å². The van der Waals surface area contributed by atoms with Gasteiger partial charge in [-0.05, 0) is 50.7 Å². The number of aliphatic hydroxyl groups is 1. The van der Waals surface area contributed by atoms with Gasteiger partial charge in [0.25, 0.3) is 5.88 Å². The van der Waals surface area contributed by atoms with Gasteiger partial charge in [-0.2, -0.15) is 0 Å². The van der Waals surface area contributed by atoms with Gasteiger partial charge < -0.3 is 15.2 Å². The molecule has 3 rings (SSSR count). The molecule has 30 heavy (non-hydrogen) atoms. The molecule has 1 aliphatic heterocycles. The van der Waals surface area contributed by atoms with Crippen molar-refractivity contribution in [3.63, 3.8) is 0 Å². The quantitative estimate of drug-likeness (QED) is 0.409. The van der Waals surface area contributed by atoms with E-state index in [1.54, 1.807) is 11.8 Å². The van der Waals surface area contributed by atoms with Crippen LogP contribution in [0.1, 0.15) is 50.8 Å². The zero-order valence-electron chi connectivity index (χ0n) is 17.0. The van der Waals surface area contributed by atoms with Crippen molar-refractivity contribution in [1.29, 1.82) is 0 Å². The highest BCUT2D eigenvalue weighted by Gasteiger charge is 2.27. The predicted molar refractivity (Wildman–Crippen MR) is 107 cm³/mol. The Kier molecular flexibility index (Phi) is 7.61. The number of hydrogen-bond donors (Lipinski definition) is 3. The van der Waals surface area contributed by atoms with E-state index in [0.717, 1.165) is 12.8 Å². The number of ether oxygens (including phenoxy) is 1. The molecule has 1 saturated carbocycles. The third-order valence-corrected chi connectivity index (χ3v) is 6.67.